The molecule has 1 N–H and O–H groups in total. The van der Waals surface area contributed by atoms with E-state index in [0.717, 1.165) is 16.9 Å². The van der Waals surface area contributed by atoms with Gasteiger partial charge in [0.15, 0.2) is 0 Å². The highest BCUT2D eigenvalue weighted by molar-refractivity contribution is 5.93. The number of amides is 2. The molecule has 4 nitrogen and oxygen atoms in total. The predicted octanol–water partition coefficient (Wildman–Crippen LogP) is 3.56. The molecule has 0 saturated carbocycles. The topological polar surface area (TPSA) is 35.6 Å². The molecular formula is C17H20FN3O. The van der Waals surface area contributed by atoms with Crippen molar-refractivity contribution in [3.8, 4) is 0 Å². The highest BCUT2D eigenvalue weighted by atomic mass is 19.1. The molecular weight excluding hydrogens is 281 g/mol. The highest BCUT2D eigenvalue weighted by Crippen LogP contribution is 2.23. The first-order valence-corrected chi connectivity index (χ1v) is 7.00. The van der Waals surface area contributed by atoms with Crippen molar-refractivity contribution in [2.75, 3.05) is 31.4 Å². The van der Waals surface area contributed by atoms with E-state index in [1.165, 1.54) is 17.0 Å². The predicted molar refractivity (Wildman–Crippen MR) is 87.7 cm³/mol. The van der Waals surface area contributed by atoms with E-state index >= 15 is 0 Å². The largest absolute Gasteiger partial charge is 0.376 e. The second-order valence-electron chi connectivity index (χ2n) is 5.33. The molecule has 0 spiro atoms. The molecule has 0 aromatic heterocycles. The third kappa shape index (κ3) is 3.97. The minimum atomic E-state index is -0.302. The molecule has 116 valence electrons. The van der Waals surface area contributed by atoms with Gasteiger partial charge in [-0.3, -0.25) is 0 Å². The number of nitrogens with zero attached hydrogens (tertiary/aromatic N) is 2. The number of hydrogen-bond acceptors (Lipinski definition) is 2. The Hall–Kier alpha value is -2.56. The van der Waals surface area contributed by atoms with Crippen LogP contribution in [0.15, 0.2) is 48.5 Å². The summed E-state index contributed by atoms with van der Waals surface area (Å²) in [5.41, 5.74) is 2.41. The number of carbonyl (C=O) groups excluding carboxylic acids is 1. The van der Waals surface area contributed by atoms with Gasteiger partial charge in [-0.1, -0.05) is 24.3 Å². The lowest BCUT2D eigenvalue weighted by Gasteiger charge is -2.21. The van der Waals surface area contributed by atoms with E-state index in [9.17, 15) is 9.18 Å². The summed E-state index contributed by atoms with van der Waals surface area (Å²) in [5.74, 6) is -0.302. The molecule has 5 heteroatoms. The van der Waals surface area contributed by atoms with Crippen LogP contribution in [0.1, 0.15) is 5.56 Å². The summed E-state index contributed by atoms with van der Waals surface area (Å²) < 4.78 is 13.2. The quantitative estimate of drug-likeness (QED) is 0.937. The van der Waals surface area contributed by atoms with Crippen molar-refractivity contribution in [3.05, 3.63) is 59.9 Å². The van der Waals surface area contributed by atoms with Crippen molar-refractivity contribution in [2.24, 2.45) is 0 Å². The number of anilines is 2. The molecule has 0 aliphatic heterocycles. The Balaban J connectivity index is 2.06. The Bertz CT molecular complexity index is 658. The van der Waals surface area contributed by atoms with E-state index in [2.05, 4.69) is 5.32 Å². The fraction of sp³-hybridized carbons (Fsp3) is 0.235. The molecule has 0 bridgehead atoms. The molecule has 0 aliphatic carbocycles. The van der Waals surface area contributed by atoms with Crippen LogP contribution in [0.2, 0.25) is 0 Å². The van der Waals surface area contributed by atoms with E-state index < -0.39 is 0 Å². The van der Waals surface area contributed by atoms with E-state index in [1.807, 2.05) is 43.3 Å². The molecule has 0 fully saturated rings. The van der Waals surface area contributed by atoms with Gasteiger partial charge in [-0.15, -0.1) is 0 Å². The van der Waals surface area contributed by atoms with Gasteiger partial charge >= 0.3 is 6.03 Å². The van der Waals surface area contributed by atoms with Crippen LogP contribution in [0.3, 0.4) is 0 Å². The number of rotatable bonds is 4. The zero-order valence-electron chi connectivity index (χ0n) is 13.0. The van der Waals surface area contributed by atoms with Crippen LogP contribution in [0.4, 0.5) is 20.6 Å². The monoisotopic (exact) mass is 301 g/mol. The highest BCUT2D eigenvalue weighted by Gasteiger charge is 2.12. The molecule has 0 unspecified atom stereocenters. The van der Waals surface area contributed by atoms with Crippen molar-refractivity contribution in [1.82, 2.24) is 4.90 Å². The third-order valence-corrected chi connectivity index (χ3v) is 3.28. The lowest BCUT2D eigenvalue weighted by Crippen LogP contribution is -2.31. The van der Waals surface area contributed by atoms with Gasteiger partial charge in [0.05, 0.1) is 11.4 Å². The van der Waals surface area contributed by atoms with Crippen molar-refractivity contribution in [2.45, 2.75) is 6.54 Å². The smallest absolute Gasteiger partial charge is 0.321 e. The van der Waals surface area contributed by atoms with Gasteiger partial charge in [-0.05, 0) is 29.8 Å². The Morgan fingerprint density at radius 3 is 2.50 bits per heavy atom. The molecule has 0 atom stereocenters. The first-order valence-electron chi connectivity index (χ1n) is 7.00. The van der Waals surface area contributed by atoms with Gasteiger partial charge < -0.3 is 15.1 Å². The van der Waals surface area contributed by atoms with Crippen molar-refractivity contribution >= 4 is 17.4 Å². The standard InChI is InChI=1S/C17H20FN3O/c1-20(2)16-10-5-4-9-15(16)19-17(22)21(3)12-13-7-6-8-14(18)11-13/h4-11H,12H2,1-3H3,(H,19,22). The van der Waals surface area contributed by atoms with Crippen LogP contribution >= 0.6 is 0 Å². The second kappa shape index (κ2) is 6.93. The number of carbonyl (C=O) groups is 1. The average molecular weight is 301 g/mol. The Morgan fingerprint density at radius 1 is 1.09 bits per heavy atom. The summed E-state index contributed by atoms with van der Waals surface area (Å²) in [7, 11) is 5.52. The molecule has 0 aliphatic rings. The van der Waals surface area contributed by atoms with Crippen molar-refractivity contribution in [1.29, 1.82) is 0 Å². The van der Waals surface area contributed by atoms with E-state index in [0.29, 0.717) is 6.54 Å². The van der Waals surface area contributed by atoms with Crippen molar-refractivity contribution in [3.63, 3.8) is 0 Å². The summed E-state index contributed by atoms with van der Waals surface area (Å²) in [6, 6.07) is 13.6. The fourth-order valence-corrected chi connectivity index (χ4v) is 2.16. The molecule has 2 aromatic rings. The number of benzene rings is 2. The fourth-order valence-electron chi connectivity index (χ4n) is 2.16. The molecule has 2 amide bonds. The molecule has 22 heavy (non-hydrogen) atoms. The zero-order valence-corrected chi connectivity index (χ0v) is 13.0. The SMILES string of the molecule is CN(Cc1cccc(F)c1)C(=O)Nc1ccccc1N(C)C. The number of halogens is 1. The normalized spacial score (nSPS) is 10.2. The maximum absolute atomic E-state index is 13.2. The van der Waals surface area contributed by atoms with Gasteiger partial charge in [0.25, 0.3) is 0 Å². The van der Waals surface area contributed by atoms with Crippen molar-refractivity contribution < 1.29 is 9.18 Å². The zero-order chi connectivity index (χ0) is 16.1. The van der Waals surface area contributed by atoms with Crippen LogP contribution in [0.25, 0.3) is 0 Å². The Morgan fingerprint density at radius 2 is 1.82 bits per heavy atom. The van der Waals surface area contributed by atoms with Crippen LogP contribution in [0, 0.1) is 5.82 Å². The maximum Gasteiger partial charge on any atom is 0.321 e. The molecule has 0 saturated heterocycles. The lowest BCUT2D eigenvalue weighted by atomic mass is 10.2. The number of hydrogen-bond donors (Lipinski definition) is 1. The van der Waals surface area contributed by atoms with Gasteiger partial charge in [0.2, 0.25) is 0 Å². The van der Waals surface area contributed by atoms with Gasteiger partial charge in [-0.2, -0.15) is 0 Å². The molecule has 0 radical (unpaired) electrons. The van der Waals surface area contributed by atoms with Gasteiger partial charge in [0.1, 0.15) is 5.82 Å². The third-order valence-electron chi connectivity index (χ3n) is 3.28. The number of nitrogens with one attached hydrogen (secondary N) is 1. The Labute approximate surface area is 130 Å². The molecule has 2 aromatic carbocycles. The molecule has 0 heterocycles. The summed E-state index contributed by atoms with van der Waals surface area (Å²) >= 11 is 0. The molecule has 2 rings (SSSR count). The minimum Gasteiger partial charge on any atom is -0.376 e. The first-order chi connectivity index (χ1) is 10.5. The Kier molecular flexibility index (Phi) is 4.99. The summed E-state index contributed by atoms with van der Waals surface area (Å²) in [5, 5.41) is 2.88. The van der Waals surface area contributed by atoms with Crippen LogP contribution in [0.5, 0.6) is 0 Å². The first kappa shape index (κ1) is 15.8. The van der Waals surface area contributed by atoms with E-state index in [-0.39, 0.29) is 11.8 Å². The van der Waals surface area contributed by atoms with Crippen LogP contribution in [-0.2, 0) is 6.54 Å². The average Bonchev–Trinajstić information content (AvgIpc) is 2.47. The summed E-state index contributed by atoms with van der Waals surface area (Å²) in [6.45, 7) is 0.341. The lowest BCUT2D eigenvalue weighted by molar-refractivity contribution is 0.220. The van der Waals surface area contributed by atoms with E-state index in [1.54, 1.807) is 19.2 Å². The van der Waals surface area contributed by atoms with Gasteiger partial charge in [0, 0.05) is 27.7 Å². The van der Waals surface area contributed by atoms with Gasteiger partial charge in [-0.25, -0.2) is 9.18 Å². The van der Waals surface area contributed by atoms with E-state index in [4.69, 9.17) is 0 Å². The van der Waals surface area contributed by atoms with Crippen LogP contribution in [-0.4, -0.2) is 32.1 Å². The van der Waals surface area contributed by atoms with Crippen LogP contribution < -0.4 is 10.2 Å². The number of para-hydroxylation sites is 2. The minimum absolute atomic E-state index is 0.237. The summed E-state index contributed by atoms with van der Waals surface area (Å²) in [4.78, 5) is 15.7. The summed E-state index contributed by atoms with van der Waals surface area (Å²) in [6.07, 6.45) is 0. The second-order valence-corrected chi connectivity index (χ2v) is 5.33. The maximum atomic E-state index is 13.2. The number of urea groups is 1.